The van der Waals surface area contributed by atoms with Crippen LogP contribution >= 0.6 is 0 Å². The lowest BCUT2D eigenvalue weighted by molar-refractivity contribution is 0.141. The third-order valence-corrected chi connectivity index (χ3v) is 3.43. The summed E-state index contributed by atoms with van der Waals surface area (Å²) in [5, 5.41) is 8.78. The lowest BCUT2D eigenvalue weighted by atomic mass is 10.1. The highest BCUT2D eigenvalue weighted by Gasteiger charge is 2.26. The van der Waals surface area contributed by atoms with Gasteiger partial charge in [0.15, 0.2) is 0 Å². The molecule has 1 rings (SSSR count). The van der Waals surface area contributed by atoms with E-state index in [0.29, 0.717) is 12.5 Å². The Morgan fingerprint density at radius 2 is 2.00 bits per heavy atom. The molecular formula is C12H22N2. The first-order valence-electron chi connectivity index (χ1n) is 5.96. The zero-order valence-corrected chi connectivity index (χ0v) is 9.50. The number of rotatable bonds is 5. The van der Waals surface area contributed by atoms with Gasteiger partial charge >= 0.3 is 0 Å². The summed E-state index contributed by atoms with van der Waals surface area (Å²) in [6.07, 6.45) is 7.25. The van der Waals surface area contributed by atoms with Crippen molar-refractivity contribution in [3.63, 3.8) is 0 Å². The van der Waals surface area contributed by atoms with Crippen LogP contribution in [-0.2, 0) is 0 Å². The molecule has 2 nitrogen and oxygen atoms in total. The fourth-order valence-corrected chi connectivity index (χ4v) is 2.65. The Balaban J connectivity index is 2.53. The molecule has 0 saturated heterocycles. The molecule has 14 heavy (non-hydrogen) atoms. The van der Waals surface area contributed by atoms with Gasteiger partial charge in [-0.15, -0.1) is 0 Å². The van der Waals surface area contributed by atoms with Crippen LogP contribution in [0.4, 0.5) is 0 Å². The normalized spacial score (nSPS) is 19.9. The van der Waals surface area contributed by atoms with Crippen LogP contribution in [0.5, 0.6) is 0 Å². The number of nitriles is 1. The van der Waals surface area contributed by atoms with Crippen molar-refractivity contribution in [3.05, 3.63) is 0 Å². The molecule has 1 aliphatic carbocycles. The SMILES string of the molecule is CCC(CC#N)N(CC)C1CCCC1. The Kier molecular flexibility index (Phi) is 4.97. The molecule has 0 aromatic rings. The molecule has 0 spiro atoms. The summed E-state index contributed by atoms with van der Waals surface area (Å²) in [5.41, 5.74) is 0. The average molecular weight is 194 g/mol. The highest BCUT2D eigenvalue weighted by Crippen LogP contribution is 2.26. The van der Waals surface area contributed by atoms with Crippen molar-refractivity contribution in [2.24, 2.45) is 0 Å². The molecule has 0 radical (unpaired) electrons. The maximum absolute atomic E-state index is 8.78. The molecule has 0 bridgehead atoms. The van der Waals surface area contributed by atoms with Crippen LogP contribution in [0, 0.1) is 11.3 Å². The molecule has 0 amide bonds. The first-order valence-corrected chi connectivity index (χ1v) is 5.96. The van der Waals surface area contributed by atoms with Crippen LogP contribution in [0.2, 0.25) is 0 Å². The molecule has 1 aliphatic rings. The van der Waals surface area contributed by atoms with Gasteiger partial charge in [-0.1, -0.05) is 26.7 Å². The molecule has 0 N–H and O–H groups in total. The number of hydrogen-bond donors (Lipinski definition) is 0. The topological polar surface area (TPSA) is 27.0 Å². The first-order chi connectivity index (χ1) is 6.83. The second-order valence-electron chi connectivity index (χ2n) is 4.19. The second-order valence-corrected chi connectivity index (χ2v) is 4.19. The molecule has 1 unspecified atom stereocenters. The second kappa shape index (κ2) is 6.03. The summed E-state index contributed by atoms with van der Waals surface area (Å²) in [6.45, 7) is 5.52. The molecule has 80 valence electrons. The zero-order valence-electron chi connectivity index (χ0n) is 9.50. The van der Waals surface area contributed by atoms with E-state index in [9.17, 15) is 0 Å². The molecule has 0 aromatic heterocycles. The van der Waals surface area contributed by atoms with E-state index >= 15 is 0 Å². The molecule has 0 aromatic carbocycles. The van der Waals surface area contributed by atoms with E-state index in [1.165, 1.54) is 25.7 Å². The van der Waals surface area contributed by atoms with E-state index < -0.39 is 0 Å². The Morgan fingerprint density at radius 3 is 2.43 bits per heavy atom. The van der Waals surface area contributed by atoms with Gasteiger partial charge in [-0.3, -0.25) is 4.90 Å². The molecule has 1 saturated carbocycles. The first kappa shape index (κ1) is 11.5. The largest absolute Gasteiger partial charge is 0.297 e. The van der Waals surface area contributed by atoms with Crippen molar-refractivity contribution in [3.8, 4) is 6.07 Å². The molecule has 0 aliphatic heterocycles. The van der Waals surface area contributed by atoms with Crippen molar-refractivity contribution in [1.82, 2.24) is 4.90 Å². The van der Waals surface area contributed by atoms with Crippen molar-refractivity contribution < 1.29 is 0 Å². The van der Waals surface area contributed by atoms with Crippen LogP contribution < -0.4 is 0 Å². The van der Waals surface area contributed by atoms with Crippen molar-refractivity contribution in [2.45, 2.75) is 64.5 Å². The highest BCUT2D eigenvalue weighted by atomic mass is 15.2. The molecule has 2 heteroatoms. The lowest BCUT2D eigenvalue weighted by Gasteiger charge is -2.33. The van der Waals surface area contributed by atoms with Crippen molar-refractivity contribution in [2.75, 3.05) is 6.54 Å². The fourth-order valence-electron chi connectivity index (χ4n) is 2.65. The molecule has 0 heterocycles. The van der Waals surface area contributed by atoms with Crippen LogP contribution in [0.1, 0.15) is 52.4 Å². The van der Waals surface area contributed by atoms with Crippen LogP contribution in [0.3, 0.4) is 0 Å². The van der Waals surface area contributed by atoms with Gasteiger partial charge in [-0.2, -0.15) is 5.26 Å². The Bertz CT molecular complexity index is 189. The van der Waals surface area contributed by atoms with Gasteiger partial charge in [0.2, 0.25) is 0 Å². The summed E-state index contributed by atoms with van der Waals surface area (Å²) in [7, 11) is 0. The van der Waals surface area contributed by atoms with Gasteiger partial charge in [-0.05, 0) is 25.8 Å². The maximum Gasteiger partial charge on any atom is 0.0638 e. The van der Waals surface area contributed by atoms with Crippen molar-refractivity contribution in [1.29, 1.82) is 5.26 Å². The van der Waals surface area contributed by atoms with Gasteiger partial charge in [0, 0.05) is 12.1 Å². The fraction of sp³-hybridized carbons (Fsp3) is 0.917. The summed E-state index contributed by atoms with van der Waals surface area (Å²) in [6, 6.07) is 3.57. The van der Waals surface area contributed by atoms with E-state index in [1.807, 2.05) is 0 Å². The minimum Gasteiger partial charge on any atom is -0.297 e. The van der Waals surface area contributed by atoms with Crippen molar-refractivity contribution >= 4 is 0 Å². The van der Waals surface area contributed by atoms with Gasteiger partial charge < -0.3 is 0 Å². The Labute approximate surface area is 87.9 Å². The standard InChI is InChI=1S/C12H22N2/c1-3-11(9-10-13)14(4-2)12-7-5-6-8-12/h11-12H,3-9H2,1-2H3. The smallest absolute Gasteiger partial charge is 0.0638 e. The van der Waals surface area contributed by atoms with Crippen LogP contribution in [0.25, 0.3) is 0 Å². The van der Waals surface area contributed by atoms with Gasteiger partial charge in [0.25, 0.3) is 0 Å². The quantitative estimate of drug-likeness (QED) is 0.673. The third kappa shape index (κ3) is 2.72. The zero-order chi connectivity index (χ0) is 10.4. The molecule has 1 fully saturated rings. The van der Waals surface area contributed by atoms with Gasteiger partial charge in [0.05, 0.1) is 12.5 Å². The van der Waals surface area contributed by atoms with Gasteiger partial charge in [0.1, 0.15) is 0 Å². The predicted molar refractivity (Wildman–Crippen MR) is 58.9 cm³/mol. The van der Waals surface area contributed by atoms with E-state index in [-0.39, 0.29) is 0 Å². The molecular weight excluding hydrogens is 172 g/mol. The average Bonchev–Trinajstić information content (AvgIpc) is 2.71. The van der Waals surface area contributed by atoms with E-state index in [0.717, 1.165) is 19.0 Å². The summed E-state index contributed by atoms with van der Waals surface area (Å²) < 4.78 is 0. The Hall–Kier alpha value is -0.550. The third-order valence-electron chi connectivity index (χ3n) is 3.43. The summed E-state index contributed by atoms with van der Waals surface area (Å²) in [5.74, 6) is 0. The summed E-state index contributed by atoms with van der Waals surface area (Å²) >= 11 is 0. The minimum absolute atomic E-state index is 0.494. The van der Waals surface area contributed by atoms with Crippen LogP contribution in [0.15, 0.2) is 0 Å². The highest BCUT2D eigenvalue weighted by molar-refractivity contribution is 4.87. The maximum atomic E-state index is 8.78. The molecule has 1 atom stereocenters. The van der Waals surface area contributed by atoms with E-state index in [2.05, 4.69) is 24.8 Å². The van der Waals surface area contributed by atoms with Crippen LogP contribution in [-0.4, -0.2) is 23.5 Å². The number of nitrogens with zero attached hydrogens (tertiary/aromatic N) is 2. The van der Waals surface area contributed by atoms with E-state index in [4.69, 9.17) is 5.26 Å². The summed E-state index contributed by atoms with van der Waals surface area (Å²) in [4.78, 5) is 2.55. The lowest BCUT2D eigenvalue weighted by Crippen LogP contribution is -2.41. The monoisotopic (exact) mass is 194 g/mol. The Morgan fingerprint density at radius 1 is 1.36 bits per heavy atom. The van der Waals surface area contributed by atoms with Gasteiger partial charge in [-0.25, -0.2) is 0 Å². The predicted octanol–water partition coefficient (Wildman–Crippen LogP) is 2.94. The number of hydrogen-bond acceptors (Lipinski definition) is 2. The van der Waals surface area contributed by atoms with E-state index in [1.54, 1.807) is 0 Å². The minimum atomic E-state index is 0.494.